The fraction of sp³-hybridized carbons (Fsp3) is 0.500. The Balaban J connectivity index is 1.82. The van der Waals surface area contributed by atoms with Crippen molar-refractivity contribution >= 4 is 12.0 Å². The van der Waals surface area contributed by atoms with Gasteiger partial charge in [-0.15, -0.1) is 0 Å². The number of hydrogen-bond donors (Lipinski definition) is 3. The molecule has 2 atom stereocenters. The van der Waals surface area contributed by atoms with Crippen molar-refractivity contribution in [2.24, 2.45) is 11.3 Å². The standard InChI is InChI=1S/C16H22N2O3/c1-16(2)9-12(16)10-17-15(21)18-13(14(19)20)8-11-6-4-3-5-7-11/h3-7,12-13H,8-10H2,1-2H3,(H,19,20)(H2,17,18,21)/t12?,13-/m1/s1. The number of carbonyl (C=O) groups is 2. The third kappa shape index (κ3) is 4.48. The second-order valence-corrected chi connectivity index (χ2v) is 6.32. The van der Waals surface area contributed by atoms with Gasteiger partial charge in [0.25, 0.3) is 0 Å². The van der Waals surface area contributed by atoms with Gasteiger partial charge in [0.05, 0.1) is 0 Å². The van der Waals surface area contributed by atoms with Crippen molar-refractivity contribution in [3.05, 3.63) is 35.9 Å². The normalized spacial score (nSPS) is 20.4. The van der Waals surface area contributed by atoms with Crippen LogP contribution in [0.25, 0.3) is 0 Å². The topological polar surface area (TPSA) is 78.4 Å². The summed E-state index contributed by atoms with van der Waals surface area (Å²) >= 11 is 0. The first-order chi connectivity index (χ1) is 9.88. The van der Waals surface area contributed by atoms with Gasteiger partial charge in [-0.3, -0.25) is 0 Å². The summed E-state index contributed by atoms with van der Waals surface area (Å²) in [6.45, 7) is 4.91. The van der Waals surface area contributed by atoms with Gasteiger partial charge >= 0.3 is 12.0 Å². The average Bonchev–Trinajstić information content (AvgIpc) is 3.04. The molecule has 5 nitrogen and oxygen atoms in total. The molecule has 2 rings (SSSR count). The summed E-state index contributed by atoms with van der Waals surface area (Å²) in [7, 11) is 0. The van der Waals surface area contributed by atoms with Gasteiger partial charge in [0.15, 0.2) is 0 Å². The number of carboxylic acids is 1. The predicted octanol–water partition coefficient (Wildman–Crippen LogP) is 2.03. The van der Waals surface area contributed by atoms with Crippen LogP contribution >= 0.6 is 0 Å². The number of rotatable bonds is 6. The van der Waals surface area contributed by atoms with Gasteiger partial charge in [0.2, 0.25) is 0 Å². The maximum atomic E-state index is 11.8. The molecule has 0 aromatic heterocycles. The lowest BCUT2D eigenvalue weighted by Crippen LogP contribution is -2.47. The molecule has 1 aliphatic carbocycles. The van der Waals surface area contributed by atoms with Gasteiger partial charge in [0.1, 0.15) is 6.04 Å². The summed E-state index contributed by atoms with van der Waals surface area (Å²) in [5.41, 5.74) is 1.18. The first-order valence-electron chi connectivity index (χ1n) is 7.19. The summed E-state index contributed by atoms with van der Waals surface area (Å²) in [5, 5.41) is 14.5. The van der Waals surface area contributed by atoms with Gasteiger partial charge in [-0.2, -0.15) is 0 Å². The molecule has 1 aromatic rings. The van der Waals surface area contributed by atoms with Crippen molar-refractivity contribution in [1.29, 1.82) is 0 Å². The molecule has 2 amide bonds. The fourth-order valence-corrected chi connectivity index (χ4v) is 2.40. The SMILES string of the molecule is CC1(C)CC1CNC(=O)N[C@H](Cc1ccccc1)C(=O)O. The maximum Gasteiger partial charge on any atom is 0.326 e. The van der Waals surface area contributed by atoms with E-state index in [1.54, 1.807) is 0 Å². The smallest absolute Gasteiger partial charge is 0.326 e. The highest BCUT2D eigenvalue weighted by Crippen LogP contribution is 2.50. The van der Waals surface area contributed by atoms with Crippen LogP contribution in [0, 0.1) is 11.3 Å². The number of nitrogens with one attached hydrogen (secondary N) is 2. The van der Waals surface area contributed by atoms with Crippen molar-refractivity contribution in [2.45, 2.75) is 32.7 Å². The van der Waals surface area contributed by atoms with Gasteiger partial charge in [-0.25, -0.2) is 9.59 Å². The van der Waals surface area contributed by atoms with E-state index in [1.807, 2.05) is 30.3 Å². The number of aliphatic carboxylic acids is 1. The molecule has 1 unspecified atom stereocenters. The summed E-state index contributed by atoms with van der Waals surface area (Å²) < 4.78 is 0. The Labute approximate surface area is 124 Å². The van der Waals surface area contributed by atoms with E-state index >= 15 is 0 Å². The van der Waals surface area contributed by atoms with Crippen LogP contribution in [0.3, 0.4) is 0 Å². The van der Waals surface area contributed by atoms with E-state index in [1.165, 1.54) is 0 Å². The van der Waals surface area contributed by atoms with E-state index in [-0.39, 0.29) is 6.42 Å². The molecule has 3 N–H and O–H groups in total. The van der Waals surface area contributed by atoms with Crippen molar-refractivity contribution in [3.63, 3.8) is 0 Å². The summed E-state index contributed by atoms with van der Waals surface area (Å²) in [4.78, 5) is 23.1. The molecule has 0 aliphatic heterocycles. The molecule has 1 aromatic carbocycles. The molecule has 0 heterocycles. The molecular formula is C16H22N2O3. The zero-order valence-corrected chi connectivity index (χ0v) is 12.4. The maximum absolute atomic E-state index is 11.8. The summed E-state index contributed by atoms with van der Waals surface area (Å²) in [6.07, 6.45) is 1.37. The number of carboxylic acid groups (broad SMARTS) is 1. The molecule has 5 heteroatoms. The predicted molar refractivity (Wildman–Crippen MR) is 80.0 cm³/mol. The quantitative estimate of drug-likeness (QED) is 0.750. The molecular weight excluding hydrogens is 268 g/mol. The summed E-state index contributed by atoms with van der Waals surface area (Å²) in [6, 6.07) is 7.94. The minimum absolute atomic E-state index is 0.276. The van der Waals surface area contributed by atoms with Gasteiger partial charge in [-0.05, 0) is 23.3 Å². The first kappa shape index (κ1) is 15.4. The number of urea groups is 1. The Morgan fingerprint density at radius 3 is 2.48 bits per heavy atom. The molecule has 0 spiro atoms. The Hall–Kier alpha value is -2.04. The molecule has 1 aliphatic rings. The van der Waals surface area contributed by atoms with E-state index in [9.17, 15) is 14.7 Å². The van der Waals surface area contributed by atoms with Crippen LogP contribution in [-0.4, -0.2) is 29.7 Å². The van der Waals surface area contributed by atoms with Crippen molar-refractivity contribution in [1.82, 2.24) is 10.6 Å². The zero-order valence-electron chi connectivity index (χ0n) is 12.4. The van der Waals surface area contributed by atoms with Crippen LogP contribution in [0.1, 0.15) is 25.8 Å². The molecule has 114 valence electrons. The number of hydrogen-bond acceptors (Lipinski definition) is 2. The Morgan fingerprint density at radius 2 is 1.95 bits per heavy atom. The monoisotopic (exact) mass is 290 g/mol. The van der Waals surface area contributed by atoms with Crippen LogP contribution in [0.2, 0.25) is 0 Å². The lowest BCUT2D eigenvalue weighted by atomic mass is 10.1. The lowest BCUT2D eigenvalue weighted by Gasteiger charge is -2.15. The van der Waals surface area contributed by atoms with Gasteiger partial charge < -0.3 is 15.7 Å². The van der Waals surface area contributed by atoms with Crippen LogP contribution in [-0.2, 0) is 11.2 Å². The Bertz CT molecular complexity index is 514. The number of carbonyl (C=O) groups excluding carboxylic acids is 1. The van der Waals surface area contributed by atoms with Crippen LogP contribution in [0.15, 0.2) is 30.3 Å². The highest BCUT2D eigenvalue weighted by Gasteiger charge is 2.45. The molecule has 1 saturated carbocycles. The molecule has 0 saturated heterocycles. The Morgan fingerprint density at radius 1 is 1.33 bits per heavy atom. The van der Waals surface area contributed by atoms with Crippen molar-refractivity contribution in [3.8, 4) is 0 Å². The highest BCUT2D eigenvalue weighted by molar-refractivity contribution is 5.82. The first-order valence-corrected chi connectivity index (χ1v) is 7.19. The van der Waals surface area contributed by atoms with E-state index in [2.05, 4.69) is 24.5 Å². The van der Waals surface area contributed by atoms with E-state index < -0.39 is 18.0 Å². The van der Waals surface area contributed by atoms with E-state index in [0.29, 0.717) is 17.9 Å². The van der Waals surface area contributed by atoms with Crippen molar-refractivity contribution in [2.75, 3.05) is 6.54 Å². The lowest BCUT2D eigenvalue weighted by molar-refractivity contribution is -0.139. The molecule has 21 heavy (non-hydrogen) atoms. The summed E-state index contributed by atoms with van der Waals surface area (Å²) in [5.74, 6) is -0.540. The zero-order chi connectivity index (χ0) is 15.5. The molecule has 0 radical (unpaired) electrons. The van der Waals surface area contributed by atoms with E-state index in [0.717, 1.165) is 12.0 Å². The largest absolute Gasteiger partial charge is 0.480 e. The van der Waals surface area contributed by atoms with Gasteiger partial charge in [-0.1, -0.05) is 44.2 Å². The minimum atomic E-state index is -1.03. The second-order valence-electron chi connectivity index (χ2n) is 6.32. The fourth-order valence-electron chi connectivity index (χ4n) is 2.40. The van der Waals surface area contributed by atoms with Crippen molar-refractivity contribution < 1.29 is 14.7 Å². The average molecular weight is 290 g/mol. The Kier molecular flexibility index (Phi) is 4.50. The van der Waals surface area contributed by atoms with Crippen LogP contribution in [0.5, 0.6) is 0 Å². The third-order valence-electron chi connectivity index (χ3n) is 4.11. The molecule has 0 bridgehead atoms. The van der Waals surface area contributed by atoms with Gasteiger partial charge in [0, 0.05) is 13.0 Å². The van der Waals surface area contributed by atoms with Crippen LogP contribution < -0.4 is 10.6 Å². The second kappa shape index (κ2) is 6.16. The third-order valence-corrected chi connectivity index (χ3v) is 4.11. The minimum Gasteiger partial charge on any atom is -0.480 e. The highest BCUT2D eigenvalue weighted by atomic mass is 16.4. The number of amides is 2. The number of benzene rings is 1. The van der Waals surface area contributed by atoms with Crippen LogP contribution in [0.4, 0.5) is 4.79 Å². The van der Waals surface area contributed by atoms with E-state index in [4.69, 9.17) is 0 Å². The molecule has 1 fully saturated rings.